The number of amides is 1. The van der Waals surface area contributed by atoms with Crippen LogP contribution in [0.15, 0.2) is 16.6 Å². The van der Waals surface area contributed by atoms with Gasteiger partial charge in [-0.15, -0.1) is 0 Å². The van der Waals surface area contributed by atoms with Crippen molar-refractivity contribution in [2.24, 2.45) is 0 Å². The van der Waals surface area contributed by atoms with E-state index in [1.54, 1.807) is 0 Å². The van der Waals surface area contributed by atoms with Gasteiger partial charge >= 0.3 is 6.09 Å². The van der Waals surface area contributed by atoms with Crippen LogP contribution in [0.1, 0.15) is 27.7 Å². The van der Waals surface area contributed by atoms with Crippen molar-refractivity contribution in [2.45, 2.75) is 39.3 Å². The van der Waals surface area contributed by atoms with Crippen LogP contribution < -0.4 is 10.6 Å². The van der Waals surface area contributed by atoms with E-state index in [1.807, 2.05) is 39.8 Å². The molecule has 0 heterocycles. The molecule has 4 nitrogen and oxygen atoms in total. The number of ether oxygens (including phenoxy) is 1. The van der Waals surface area contributed by atoms with Crippen LogP contribution in [0.5, 0.6) is 0 Å². The SMILES string of the molecule is CC(CNC(=O)OC(C)(C)C)Nc1ccc(Br)c(Cl)c1Cl. The molecule has 1 aromatic rings. The lowest BCUT2D eigenvalue weighted by Gasteiger charge is -2.22. The lowest BCUT2D eigenvalue weighted by Crippen LogP contribution is -2.38. The van der Waals surface area contributed by atoms with Gasteiger partial charge in [-0.1, -0.05) is 23.2 Å². The Morgan fingerprint density at radius 3 is 2.52 bits per heavy atom. The van der Waals surface area contributed by atoms with Crippen molar-refractivity contribution in [3.8, 4) is 0 Å². The molecule has 1 atom stereocenters. The maximum Gasteiger partial charge on any atom is 0.407 e. The number of anilines is 1. The molecule has 21 heavy (non-hydrogen) atoms. The molecular formula is C14H19BrCl2N2O2. The van der Waals surface area contributed by atoms with Crippen molar-refractivity contribution in [3.05, 3.63) is 26.7 Å². The Kier molecular flexibility index (Phi) is 6.63. The third kappa shape index (κ3) is 6.32. The van der Waals surface area contributed by atoms with Gasteiger partial charge in [-0.25, -0.2) is 4.79 Å². The minimum absolute atomic E-state index is 0.0349. The summed E-state index contributed by atoms with van der Waals surface area (Å²) in [6.07, 6.45) is -0.448. The molecule has 0 radical (unpaired) electrons. The first-order valence-electron chi connectivity index (χ1n) is 6.47. The highest BCUT2D eigenvalue weighted by atomic mass is 79.9. The number of benzene rings is 1. The first-order valence-corrected chi connectivity index (χ1v) is 8.02. The fourth-order valence-electron chi connectivity index (χ4n) is 1.50. The number of carbonyl (C=O) groups is 1. The van der Waals surface area contributed by atoms with E-state index >= 15 is 0 Å². The maximum atomic E-state index is 11.6. The molecule has 0 spiro atoms. The van der Waals surface area contributed by atoms with Gasteiger partial charge in [0.2, 0.25) is 0 Å². The Bertz CT molecular complexity index is 518. The van der Waals surface area contributed by atoms with Gasteiger partial charge in [0.05, 0.1) is 15.7 Å². The summed E-state index contributed by atoms with van der Waals surface area (Å²) in [5.74, 6) is 0. The van der Waals surface area contributed by atoms with Gasteiger partial charge in [-0.2, -0.15) is 0 Å². The number of carbonyl (C=O) groups excluding carboxylic acids is 1. The van der Waals surface area contributed by atoms with E-state index in [-0.39, 0.29) is 6.04 Å². The average molecular weight is 398 g/mol. The van der Waals surface area contributed by atoms with Crippen molar-refractivity contribution in [1.82, 2.24) is 5.32 Å². The van der Waals surface area contributed by atoms with Gasteiger partial charge in [-0.05, 0) is 55.8 Å². The second-order valence-electron chi connectivity index (χ2n) is 5.65. The third-order valence-corrected chi connectivity index (χ3v) is 4.16. The van der Waals surface area contributed by atoms with Crippen LogP contribution >= 0.6 is 39.1 Å². The summed E-state index contributed by atoms with van der Waals surface area (Å²) in [7, 11) is 0. The number of hydrogen-bond donors (Lipinski definition) is 2. The Morgan fingerprint density at radius 2 is 1.95 bits per heavy atom. The number of nitrogens with one attached hydrogen (secondary N) is 2. The van der Waals surface area contributed by atoms with E-state index in [0.717, 1.165) is 4.47 Å². The fraction of sp³-hybridized carbons (Fsp3) is 0.500. The second kappa shape index (κ2) is 7.56. The van der Waals surface area contributed by atoms with Gasteiger partial charge in [0.25, 0.3) is 0 Å². The summed E-state index contributed by atoms with van der Waals surface area (Å²) in [6.45, 7) is 7.77. The molecule has 0 aliphatic carbocycles. The summed E-state index contributed by atoms with van der Waals surface area (Å²) in [5, 5.41) is 6.78. The molecule has 1 amide bonds. The van der Waals surface area contributed by atoms with Crippen molar-refractivity contribution >= 4 is 50.9 Å². The highest BCUT2D eigenvalue weighted by Crippen LogP contribution is 2.35. The van der Waals surface area contributed by atoms with Gasteiger partial charge in [-0.3, -0.25) is 0 Å². The van der Waals surface area contributed by atoms with E-state index < -0.39 is 11.7 Å². The van der Waals surface area contributed by atoms with Gasteiger partial charge in [0.1, 0.15) is 5.60 Å². The molecule has 118 valence electrons. The number of alkyl carbamates (subject to hydrolysis) is 1. The monoisotopic (exact) mass is 396 g/mol. The van der Waals surface area contributed by atoms with Crippen LogP contribution in [0.25, 0.3) is 0 Å². The predicted octanol–water partition coefficient (Wildman–Crippen LogP) is 5.08. The van der Waals surface area contributed by atoms with Crippen LogP contribution in [0.3, 0.4) is 0 Å². The van der Waals surface area contributed by atoms with E-state index in [1.165, 1.54) is 0 Å². The molecule has 7 heteroatoms. The molecule has 0 fully saturated rings. The summed E-state index contributed by atoms with van der Waals surface area (Å²) >= 11 is 15.5. The predicted molar refractivity (Wildman–Crippen MR) is 91.5 cm³/mol. The number of halogens is 3. The summed E-state index contributed by atoms with van der Waals surface area (Å²) in [4.78, 5) is 11.6. The van der Waals surface area contributed by atoms with Crippen molar-refractivity contribution in [2.75, 3.05) is 11.9 Å². The van der Waals surface area contributed by atoms with Crippen molar-refractivity contribution in [1.29, 1.82) is 0 Å². The van der Waals surface area contributed by atoms with Crippen LogP contribution in [0.2, 0.25) is 10.0 Å². The fourth-order valence-corrected chi connectivity index (χ4v) is 2.33. The molecule has 0 aromatic heterocycles. The molecule has 0 aliphatic heterocycles. The van der Waals surface area contributed by atoms with Crippen LogP contribution in [0, 0.1) is 0 Å². The first-order chi connectivity index (χ1) is 9.60. The highest BCUT2D eigenvalue weighted by Gasteiger charge is 2.17. The van der Waals surface area contributed by atoms with E-state index in [4.69, 9.17) is 27.9 Å². The molecule has 1 aromatic carbocycles. The Labute approximate surface area is 143 Å². The molecule has 0 saturated heterocycles. The zero-order valence-electron chi connectivity index (χ0n) is 12.4. The topological polar surface area (TPSA) is 50.4 Å². The average Bonchev–Trinajstić information content (AvgIpc) is 2.35. The zero-order chi connectivity index (χ0) is 16.2. The van der Waals surface area contributed by atoms with E-state index in [0.29, 0.717) is 22.3 Å². The molecule has 1 unspecified atom stereocenters. The molecule has 0 aliphatic rings. The molecule has 2 N–H and O–H groups in total. The van der Waals surface area contributed by atoms with Gasteiger partial charge < -0.3 is 15.4 Å². The third-order valence-electron chi connectivity index (χ3n) is 2.39. The summed E-state index contributed by atoms with van der Waals surface area (Å²) < 4.78 is 5.90. The quantitative estimate of drug-likeness (QED) is 0.696. The molecular weight excluding hydrogens is 379 g/mol. The summed E-state index contributed by atoms with van der Waals surface area (Å²) in [6, 6.07) is 3.60. The summed E-state index contributed by atoms with van der Waals surface area (Å²) in [5.41, 5.74) is 0.201. The largest absolute Gasteiger partial charge is 0.444 e. The second-order valence-corrected chi connectivity index (χ2v) is 7.26. The Hall–Kier alpha value is -0.650. The Balaban J connectivity index is 2.53. The van der Waals surface area contributed by atoms with Crippen LogP contribution in [0.4, 0.5) is 10.5 Å². The van der Waals surface area contributed by atoms with Gasteiger partial charge in [0, 0.05) is 17.1 Å². The first kappa shape index (κ1) is 18.4. The number of rotatable bonds is 4. The van der Waals surface area contributed by atoms with Crippen molar-refractivity contribution < 1.29 is 9.53 Å². The van der Waals surface area contributed by atoms with E-state index in [9.17, 15) is 4.79 Å². The highest BCUT2D eigenvalue weighted by molar-refractivity contribution is 9.10. The van der Waals surface area contributed by atoms with Crippen LogP contribution in [-0.4, -0.2) is 24.3 Å². The lowest BCUT2D eigenvalue weighted by atomic mass is 10.2. The normalized spacial score (nSPS) is 12.7. The van der Waals surface area contributed by atoms with Crippen LogP contribution in [-0.2, 0) is 4.74 Å². The standard InChI is InChI=1S/C14H19BrCl2N2O2/c1-8(7-18-13(20)21-14(2,3)4)19-10-6-5-9(15)11(16)12(10)17/h5-6,8,19H,7H2,1-4H3,(H,18,20). The van der Waals surface area contributed by atoms with Crippen molar-refractivity contribution in [3.63, 3.8) is 0 Å². The van der Waals surface area contributed by atoms with Gasteiger partial charge in [0.15, 0.2) is 0 Å². The molecule has 0 bridgehead atoms. The number of hydrogen-bond acceptors (Lipinski definition) is 3. The molecule has 1 rings (SSSR count). The smallest absolute Gasteiger partial charge is 0.407 e. The minimum Gasteiger partial charge on any atom is -0.444 e. The molecule has 0 saturated carbocycles. The lowest BCUT2D eigenvalue weighted by molar-refractivity contribution is 0.0526. The zero-order valence-corrected chi connectivity index (χ0v) is 15.5. The van der Waals surface area contributed by atoms with E-state index in [2.05, 4.69) is 26.6 Å². The Morgan fingerprint density at radius 1 is 1.33 bits per heavy atom. The maximum absolute atomic E-state index is 11.6. The minimum atomic E-state index is -0.511.